The topological polar surface area (TPSA) is 48.6 Å². The number of halogens is 1. The van der Waals surface area contributed by atoms with Crippen LogP contribution in [0.5, 0.6) is 5.75 Å². The molecule has 1 saturated heterocycles. The fourth-order valence-electron chi connectivity index (χ4n) is 4.65. The van der Waals surface area contributed by atoms with E-state index in [1.54, 1.807) is 25.1 Å². The predicted molar refractivity (Wildman–Crippen MR) is 121 cm³/mol. The summed E-state index contributed by atoms with van der Waals surface area (Å²) >= 11 is 0. The number of aromatic nitrogens is 1. The summed E-state index contributed by atoms with van der Waals surface area (Å²) in [5.41, 5.74) is 3.26. The van der Waals surface area contributed by atoms with Gasteiger partial charge in [0.25, 0.3) is 0 Å². The summed E-state index contributed by atoms with van der Waals surface area (Å²) in [6, 6.07) is 12.4. The number of methoxy groups -OCH3 is 1. The molecular formula is C25H30FN3O2. The second kappa shape index (κ2) is 9.10. The third-order valence-corrected chi connectivity index (χ3v) is 6.48. The molecule has 1 unspecified atom stereocenters. The van der Waals surface area contributed by atoms with Gasteiger partial charge in [0.2, 0.25) is 5.91 Å². The molecule has 5 nitrogen and oxygen atoms in total. The average molecular weight is 424 g/mol. The Kier molecular flexibility index (Phi) is 6.28. The minimum atomic E-state index is -0.275. The van der Waals surface area contributed by atoms with Gasteiger partial charge in [-0.3, -0.25) is 9.69 Å². The summed E-state index contributed by atoms with van der Waals surface area (Å²) in [4.78, 5) is 20.3. The van der Waals surface area contributed by atoms with Crippen molar-refractivity contribution in [2.75, 3.05) is 27.2 Å². The van der Waals surface area contributed by atoms with Gasteiger partial charge in [-0.05, 0) is 80.2 Å². The van der Waals surface area contributed by atoms with Crippen LogP contribution < -0.4 is 4.74 Å². The van der Waals surface area contributed by atoms with Crippen LogP contribution in [0.25, 0.3) is 10.9 Å². The van der Waals surface area contributed by atoms with E-state index in [1.165, 1.54) is 23.1 Å². The van der Waals surface area contributed by atoms with Gasteiger partial charge in [-0.2, -0.15) is 0 Å². The van der Waals surface area contributed by atoms with Crippen LogP contribution in [0.1, 0.15) is 36.8 Å². The number of benzene rings is 2. The molecule has 31 heavy (non-hydrogen) atoms. The zero-order chi connectivity index (χ0) is 22.0. The molecule has 0 radical (unpaired) electrons. The van der Waals surface area contributed by atoms with Gasteiger partial charge < -0.3 is 14.6 Å². The minimum Gasteiger partial charge on any atom is -0.497 e. The fraction of sp³-hybridized carbons (Fsp3) is 0.400. The Morgan fingerprint density at radius 2 is 2.03 bits per heavy atom. The third-order valence-electron chi connectivity index (χ3n) is 6.48. The number of fused-ring (bicyclic) bond motifs is 1. The minimum absolute atomic E-state index is 0.0690. The van der Waals surface area contributed by atoms with Gasteiger partial charge >= 0.3 is 0 Å². The zero-order valence-electron chi connectivity index (χ0n) is 18.4. The van der Waals surface area contributed by atoms with Gasteiger partial charge in [0.05, 0.1) is 13.2 Å². The van der Waals surface area contributed by atoms with Crippen molar-refractivity contribution in [1.82, 2.24) is 14.8 Å². The molecule has 6 heteroatoms. The molecule has 2 aromatic carbocycles. The van der Waals surface area contributed by atoms with E-state index in [0.29, 0.717) is 12.5 Å². The molecule has 164 valence electrons. The number of nitrogens with one attached hydrogen (secondary N) is 1. The van der Waals surface area contributed by atoms with Crippen LogP contribution in [0.2, 0.25) is 0 Å². The summed E-state index contributed by atoms with van der Waals surface area (Å²) in [6.07, 6.45) is 4.14. The van der Waals surface area contributed by atoms with Gasteiger partial charge in [-0.1, -0.05) is 12.1 Å². The Hall–Kier alpha value is -2.86. The number of likely N-dealkylation sites (tertiary alicyclic amines) is 1. The van der Waals surface area contributed by atoms with Crippen molar-refractivity contribution >= 4 is 16.8 Å². The molecule has 0 bridgehead atoms. The maximum atomic E-state index is 13.4. The lowest BCUT2D eigenvalue weighted by atomic mass is 9.88. The molecule has 4 rings (SSSR count). The van der Waals surface area contributed by atoms with E-state index in [9.17, 15) is 9.18 Å². The first-order valence-corrected chi connectivity index (χ1v) is 10.8. The number of likely N-dealkylation sites (N-methyl/N-ethyl adjacent to an activating group) is 1. The van der Waals surface area contributed by atoms with Crippen LogP contribution in [0.3, 0.4) is 0 Å². The molecule has 1 N–H and O–H groups in total. The van der Waals surface area contributed by atoms with Crippen LogP contribution in [0.15, 0.2) is 48.7 Å². The number of carbonyl (C=O) groups is 1. The van der Waals surface area contributed by atoms with Crippen molar-refractivity contribution in [3.05, 3.63) is 65.6 Å². The SMILES string of the molecule is COc1ccc2[nH]cc(C3CCN(C(C)C(=O)N(C)Cc4cccc(F)c4)CC3)c2c1. The molecule has 3 aromatic rings. The van der Waals surface area contributed by atoms with E-state index in [0.717, 1.165) is 42.8 Å². The molecule has 1 aliphatic heterocycles. The van der Waals surface area contributed by atoms with E-state index >= 15 is 0 Å². The number of hydrogen-bond donors (Lipinski definition) is 1. The lowest BCUT2D eigenvalue weighted by molar-refractivity contribution is -0.136. The smallest absolute Gasteiger partial charge is 0.239 e. The monoisotopic (exact) mass is 423 g/mol. The Balaban J connectivity index is 1.37. The number of rotatable bonds is 6. The molecule has 1 atom stereocenters. The summed E-state index contributed by atoms with van der Waals surface area (Å²) in [5.74, 6) is 1.12. The molecule has 1 aromatic heterocycles. The van der Waals surface area contributed by atoms with Gasteiger partial charge in [0.1, 0.15) is 11.6 Å². The first-order chi connectivity index (χ1) is 15.0. The first kappa shape index (κ1) is 21.4. The molecule has 1 amide bonds. The van der Waals surface area contributed by atoms with Crippen LogP contribution in [0, 0.1) is 5.82 Å². The van der Waals surface area contributed by atoms with E-state index < -0.39 is 0 Å². The summed E-state index contributed by atoms with van der Waals surface area (Å²) in [6.45, 7) is 4.14. The molecule has 1 fully saturated rings. The zero-order valence-corrected chi connectivity index (χ0v) is 18.4. The van der Waals surface area contributed by atoms with Gasteiger partial charge in [-0.25, -0.2) is 4.39 Å². The summed E-state index contributed by atoms with van der Waals surface area (Å²) < 4.78 is 18.8. The normalized spacial score (nSPS) is 16.4. The van der Waals surface area contributed by atoms with Crippen LogP contribution in [0.4, 0.5) is 4.39 Å². The quantitative estimate of drug-likeness (QED) is 0.633. The number of aromatic amines is 1. The maximum absolute atomic E-state index is 13.4. The Morgan fingerprint density at radius 1 is 1.26 bits per heavy atom. The van der Waals surface area contributed by atoms with Crippen LogP contribution in [-0.4, -0.2) is 54.0 Å². The Morgan fingerprint density at radius 3 is 2.74 bits per heavy atom. The second-order valence-electron chi connectivity index (χ2n) is 8.47. The van der Waals surface area contributed by atoms with Crippen molar-refractivity contribution in [2.24, 2.45) is 0 Å². The Bertz CT molecular complexity index is 1060. The second-order valence-corrected chi connectivity index (χ2v) is 8.47. The highest BCUT2D eigenvalue weighted by atomic mass is 19.1. The van der Waals surface area contributed by atoms with E-state index in [1.807, 2.05) is 19.1 Å². The number of hydrogen-bond acceptors (Lipinski definition) is 3. The predicted octanol–water partition coefficient (Wildman–Crippen LogP) is 4.54. The largest absolute Gasteiger partial charge is 0.497 e. The molecule has 2 heterocycles. The maximum Gasteiger partial charge on any atom is 0.239 e. The summed E-state index contributed by atoms with van der Waals surface area (Å²) in [7, 11) is 3.48. The lowest BCUT2D eigenvalue weighted by Gasteiger charge is -2.36. The number of nitrogens with zero attached hydrogens (tertiary/aromatic N) is 2. The number of piperidine rings is 1. The molecule has 0 saturated carbocycles. The van der Waals surface area contributed by atoms with Crippen LogP contribution >= 0.6 is 0 Å². The number of carbonyl (C=O) groups excluding carboxylic acids is 1. The first-order valence-electron chi connectivity index (χ1n) is 10.8. The van der Waals surface area contributed by atoms with Crippen molar-refractivity contribution in [2.45, 2.75) is 38.3 Å². The lowest BCUT2D eigenvalue weighted by Crippen LogP contribution is -2.48. The van der Waals surface area contributed by atoms with Crippen LogP contribution in [-0.2, 0) is 11.3 Å². The third kappa shape index (κ3) is 4.59. The van der Waals surface area contributed by atoms with Crippen molar-refractivity contribution in [3.63, 3.8) is 0 Å². The molecule has 0 aliphatic carbocycles. The van der Waals surface area contributed by atoms with Crippen molar-refractivity contribution in [3.8, 4) is 5.75 Å². The highest BCUT2D eigenvalue weighted by molar-refractivity contribution is 5.85. The van der Waals surface area contributed by atoms with Crippen molar-refractivity contribution < 1.29 is 13.9 Å². The average Bonchev–Trinajstić information content (AvgIpc) is 3.21. The van der Waals surface area contributed by atoms with E-state index in [4.69, 9.17) is 4.74 Å². The number of H-pyrrole nitrogens is 1. The number of amides is 1. The molecular weight excluding hydrogens is 393 g/mol. The number of ether oxygens (including phenoxy) is 1. The van der Waals surface area contributed by atoms with Gasteiger partial charge in [0.15, 0.2) is 0 Å². The molecule has 1 aliphatic rings. The summed E-state index contributed by atoms with van der Waals surface area (Å²) in [5, 5.41) is 1.22. The van der Waals surface area contributed by atoms with Crippen molar-refractivity contribution in [1.29, 1.82) is 0 Å². The highest BCUT2D eigenvalue weighted by Crippen LogP contribution is 2.35. The Labute approximate surface area is 182 Å². The standard InChI is InChI=1S/C25H30FN3O2/c1-17(25(30)28(2)16-18-5-4-6-20(26)13-18)29-11-9-19(10-12-29)23-15-27-24-8-7-21(31-3)14-22(23)24/h4-8,13-15,17,19,27H,9-12,16H2,1-3H3. The fourth-order valence-corrected chi connectivity index (χ4v) is 4.65. The van der Waals surface area contributed by atoms with E-state index in [2.05, 4.69) is 28.2 Å². The molecule has 0 spiro atoms. The van der Waals surface area contributed by atoms with Gasteiger partial charge in [0, 0.05) is 30.7 Å². The highest BCUT2D eigenvalue weighted by Gasteiger charge is 2.29. The van der Waals surface area contributed by atoms with E-state index in [-0.39, 0.29) is 17.8 Å². The van der Waals surface area contributed by atoms with Gasteiger partial charge in [-0.15, -0.1) is 0 Å².